The van der Waals surface area contributed by atoms with Crippen molar-refractivity contribution in [2.45, 2.75) is 19.8 Å². The minimum Gasteiger partial charge on any atom is -0.478 e. The molecule has 0 fully saturated rings. The van der Waals surface area contributed by atoms with Crippen LogP contribution in [0.5, 0.6) is 0 Å². The van der Waals surface area contributed by atoms with Crippen LogP contribution in [0.25, 0.3) is 0 Å². The molecule has 3 aromatic rings. The minimum absolute atomic E-state index is 0.279. The van der Waals surface area contributed by atoms with Crippen molar-refractivity contribution in [3.8, 4) is 0 Å². The minimum atomic E-state index is -2.24. The molecule has 0 spiro atoms. The van der Waals surface area contributed by atoms with E-state index in [9.17, 15) is 18.7 Å². The van der Waals surface area contributed by atoms with E-state index in [4.69, 9.17) is 0 Å². The van der Waals surface area contributed by atoms with Gasteiger partial charge in [0.25, 0.3) is 11.3 Å². The molecule has 0 amide bonds. The summed E-state index contributed by atoms with van der Waals surface area (Å²) in [6, 6.07) is 21.7. The molecule has 5 nitrogen and oxygen atoms in total. The molecular formula is C22H21NO4S. The third-order valence-corrected chi connectivity index (χ3v) is 5.23. The lowest BCUT2D eigenvalue weighted by molar-refractivity contribution is 0.0695. The third kappa shape index (κ3) is 4.47. The van der Waals surface area contributed by atoms with Crippen LogP contribution < -0.4 is 4.31 Å². The van der Waals surface area contributed by atoms with E-state index in [2.05, 4.69) is 0 Å². The molecule has 3 rings (SSSR count). The second kappa shape index (κ2) is 8.82. The lowest BCUT2D eigenvalue weighted by Crippen LogP contribution is -2.21. The Bertz CT molecular complexity index is 1020. The van der Waals surface area contributed by atoms with Crippen molar-refractivity contribution in [3.05, 3.63) is 95.1 Å². The summed E-state index contributed by atoms with van der Waals surface area (Å²) in [7, 11) is 0. The number of hydrogen-bond acceptors (Lipinski definition) is 2. The number of carboxylic acids is 1. The number of benzene rings is 3. The molecule has 0 saturated heterocycles. The molecule has 2 N–H and O–H groups in total. The lowest BCUT2D eigenvalue weighted by atomic mass is 9.99. The van der Waals surface area contributed by atoms with Crippen LogP contribution in [0.3, 0.4) is 0 Å². The lowest BCUT2D eigenvalue weighted by Gasteiger charge is -2.23. The van der Waals surface area contributed by atoms with Gasteiger partial charge in [-0.15, -0.1) is 0 Å². The van der Waals surface area contributed by atoms with Crippen molar-refractivity contribution >= 4 is 28.6 Å². The highest BCUT2D eigenvalue weighted by molar-refractivity contribution is 7.81. The van der Waals surface area contributed by atoms with Gasteiger partial charge in [-0.25, -0.2) is 13.3 Å². The van der Waals surface area contributed by atoms with E-state index < -0.39 is 17.2 Å². The second-order valence-corrected chi connectivity index (χ2v) is 7.28. The SMILES string of the molecule is Cc1cccc(N(c2ccccc2CCc2ccccc2C(=O)O)S(=O)O)c1. The molecule has 0 heterocycles. The number of para-hydroxylation sites is 1. The van der Waals surface area contributed by atoms with Gasteiger partial charge in [0.05, 0.1) is 16.9 Å². The Morgan fingerprint density at radius 2 is 1.57 bits per heavy atom. The maximum atomic E-state index is 12.1. The highest BCUT2D eigenvalue weighted by Crippen LogP contribution is 2.31. The molecule has 3 aromatic carbocycles. The summed E-state index contributed by atoms with van der Waals surface area (Å²) in [5.41, 5.74) is 4.12. The van der Waals surface area contributed by atoms with E-state index in [0.29, 0.717) is 24.2 Å². The van der Waals surface area contributed by atoms with Gasteiger partial charge in [-0.3, -0.25) is 4.55 Å². The molecule has 0 aliphatic heterocycles. The standard InChI is InChI=1S/C22H21NO4S/c1-16-7-6-10-19(15-16)23(28(26)27)21-12-5-3-9-18(21)14-13-17-8-2-4-11-20(17)22(24)25/h2-12,15H,13-14H2,1H3,(H,24,25)(H,26,27). The smallest absolute Gasteiger partial charge is 0.335 e. The first-order valence-corrected chi connectivity index (χ1v) is 9.90. The molecule has 28 heavy (non-hydrogen) atoms. The quantitative estimate of drug-likeness (QED) is 0.566. The Morgan fingerprint density at radius 3 is 2.25 bits per heavy atom. The van der Waals surface area contributed by atoms with Crippen LogP contribution in [0.1, 0.15) is 27.0 Å². The first kappa shape index (κ1) is 19.8. The van der Waals surface area contributed by atoms with Crippen LogP contribution in [0.15, 0.2) is 72.8 Å². The zero-order valence-corrected chi connectivity index (χ0v) is 16.2. The molecule has 0 aliphatic rings. The first-order chi connectivity index (χ1) is 13.5. The number of aromatic carboxylic acids is 1. The van der Waals surface area contributed by atoms with Gasteiger partial charge in [0.1, 0.15) is 0 Å². The predicted molar refractivity (Wildman–Crippen MR) is 111 cm³/mol. The van der Waals surface area contributed by atoms with E-state index in [0.717, 1.165) is 16.7 Å². The van der Waals surface area contributed by atoms with Crippen LogP contribution in [0.4, 0.5) is 11.4 Å². The average Bonchev–Trinajstić information content (AvgIpc) is 2.67. The van der Waals surface area contributed by atoms with Crippen molar-refractivity contribution in [3.63, 3.8) is 0 Å². The van der Waals surface area contributed by atoms with E-state index >= 15 is 0 Å². The monoisotopic (exact) mass is 395 g/mol. The van der Waals surface area contributed by atoms with Crippen molar-refractivity contribution < 1.29 is 18.7 Å². The van der Waals surface area contributed by atoms with Crippen LogP contribution in [0.2, 0.25) is 0 Å². The van der Waals surface area contributed by atoms with E-state index in [1.165, 1.54) is 4.31 Å². The van der Waals surface area contributed by atoms with E-state index in [1.54, 1.807) is 30.3 Å². The highest BCUT2D eigenvalue weighted by Gasteiger charge is 2.19. The average molecular weight is 395 g/mol. The fourth-order valence-electron chi connectivity index (χ4n) is 3.20. The van der Waals surface area contributed by atoms with Crippen molar-refractivity contribution in [2.75, 3.05) is 4.31 Å². The van der Waals surface area contributed by atoms with Gasteiger partial charge in [-0.2, -0.15) is 0 Å². The van der Waals surface area contributed by atoms with Crippen molar-refractivity contribution in [1.82, 2.24) is 0 Å². The van der Waals surface area contributed by atoms with Gasteiger partial charge < -0.3 is 5.11 Å². The molecule has 144 valence electrons. The fourth-order valence-corrected chi connectivity index (χ4v) is 3.84. The molecule has 0 aliphatic carbocycles. The summed E-state index contributed by atoms with van der Waals surface area (Å²) < 4.78 is 23.5. The molecule has 0 radical (unpaired) electrons. The Hall–Kier alpha value is -2.96. The molecule has 1 atom stereocenters. The van der Waals surface area contributed by atoms with Crippen LogP contribution in [-0.2, 0) is 24.1 Å². The van der Waals surface area contributed by atoms with Crippen LogP contribution in [-0.4, -0.2) is 19.8 Å². The zero-order chi connectivity index (χ0) is 20.1. The number of carbonyl (C=O) groups is 1. The predicted octanol–water partition coefficient (Wildman–Crippen LogP) is 4.75. The summed E-state index contributed by atoms with van der Waals surface area (Å²) in [5, 5.41) is 9.37. The second-order valence-electron chi connectivity index (χ2n) is 6.46. The van der Waals surface area contributed by atoms with E-state index in [1.807, 2.05) is 49.4 Å². The number of carboxylic acid groups (broad SMARTS) is 1. The Kier molecular flexibility index (Phi) is 6.23. The van der Waals surface area contributed by atoms with Crippen LogP contribution in [0, 0.1) is 6.92 Å². The number of rotatable bonds is 7. The molecule has 0 aromatic heterocycles. The van der Waals surface area contributed by atoms with Gasteiger partial charge >= 0.3 is 5.97 Å². The van der Waals surface area contributed by atoms with Gasteiger partial charge in [0.15, 0.2) is 0 Å². The largest absolute Gasteiger partial charge is 0.478 e. The molecule has 6 heteroatoms. The summed E-state index contributed by atoms with van der Waals surface area (Å²) in [5.74, 6) is -0.957. The third-order valence-electron chi connectivity index (χ3n) is 4.51. The summed E-state index contributed by atoms with van der Waals surface area (Å²) >= 11 is -2.24. The molecular weight excluding hydrogens is 374 g/mol. The normalized spacial score (nSPS) is 11.8. The fraction of sp³-hybridized carbons (Fsp3) is 0.136. The summed E-state index contributed by atoms with van der Waals surface area (Å²) in [6.07, 6.45) is 1.05. The van der Waals surface area contributed by atoms with Gasteiger partial charge in [0, 0.05) is 0 Å². The van der Waals surface area contributed by atoms with Gasteiger partial charge in [-0.1, -0.05) is 48.5 Å². The maximum Gasteiger partial charge on any atom is 0.335 e. The first-order valence-electron chi connectivity index (χ1n) is 8.84. The highest BCUT2D eigenvalue weighted by atomic mass is 32.2. The number of anilines is 2. The summed E-state index contributed by atoms with van der Waals surface area (Å²) in [4.78, 5) is 11.4. The Morgan fingerprint density at radius 1 is 0.929 bits per heavy atom. The molecule has 0 bridgehead atoms. The topological polar surface area (TPSA) is 77.8 Å². The molecule has 1 unspecified atom stereocenters. The number of aryl methyl sites for hydroxylation is 3. The van der Waals surface area contributed by atoms with Crippen molar-refractivity contribution in [2.24, 2.45) is 0 Å². The van der Waals surface area contributed by atoms with Crippen molar-refractivity contribution in [1.29, 1.82) is 0 Å². The molecule has 0 saturated carbocycles. The van der Waals surface area contributed by atoms with Crippen LogP contribution >= 0.6 is 0 Å². The van der Waals surface area contributed by atoms with E-state index in [-0.39, 0.29) is 5.56 Å². The Labute approximate surface area is 166 Å². The zero-order valence-electron chi connectivity index (χ0n) is 15.4. The van der Waals surface area contributed by atoms with Gasteiger partial charge in [0.2, 0.25) is 0 Å². The van der Waals surface area contributed by atoms with Gasteiger partial charge in [-0.05, 0) is 60.7 Å². The Balaban J connectivity index is 1.95. The number of nitrogens with zero attached hydrogens (tertiary/aromatic N) is 1. The number of hydrogen-bond donors (Lipinski definition) is 2. The summed E-state index contributed by atoms with van der Waals surface area (Å²) in [6.45, 7) is 1.93. The maximum absolute atomic E-state index is 12.1.